The van der Waals surface area contributed by atoms with Crippen molar-refractivity contribution < 1.29 is 18.0 Å². The molecule has 0 radical (unpaired) electrons. The monoisotopic (exact) mass is 479 g/mol. The lowest BCUT2D eigenvalue weighted by Crippen LogP contribution is -2.47. The fourth-order valence-corrected chi connectivity index (χ4v) is 4.68. The number of anilines is 2. The first kappa shape index (κ1) is 25.0. The summed E-state index contributed by atoms with van der Waals surface area (Å²) in [4.78, 5) is 25.7. The van der Waals surface area contributed by atoms with E-state index in [-0.39, 0.29) is 16.7 Å². The summed E-state index contributed by atoms with van der Waals surface area (Å²) in [5.74, 6) is -0.967. The first-order valence-corrected chi connectivity index (χ1v) is 12.4. The maximum atomic E-state index is 13.1. The molecular weight excluding hydrogens is 450 g/mol. The number of nitrogens with zero attached hydrogens (tertiary/aromatic N) is 1. The van der Waals surface area contributed by atoms with Crippen LogP contribution in [0.1, 0.15) is 29.8 Å². The zero-order chi connectivity index (χ0) is 24.9. The molecule has 0 unspecified atom stereocenters. The highest BCUT2D eigenvalue weighted by Crippen LogP contribution is 2.24. The van der Waals surface area contributed by atoms with Crippen LogP contribution in [0.15, 0.2) is 83.8 Å². The topological polar surface area (TPSA) is 95.6 Å². The number of nitrogens with one attached hydrogen (secondary N) is 2. The van der Waals surface area contributed by atoms with Crippen molar-refractivity contribution in [3.8, 4) is 0 Å². The number of carbonyl (C=O) groups excluding carboxylic acids is 2. The van der Waals surface area contributed by atoms with Crippen molar-refractivity contribution in [2.45, 2.75) is 31.7 Å². The van der Waals surface area contributed by atoms with Crippen molar-refractivity contribution in [1.29, 1.82) is 0 Å². The normalized spacial score (nSPS) is 12.1. The van der Waals surface area contributed by atoms with Crippen LogP contribution in [0.5, 0.6) is 0 Å². The summed E-state index contributed by atoms with van der Waals surface area (Å²) < 4.78 is 27.4. The van der Waals surface area contributed by atoms with Crippen molar-refractivity contribution in [2.75, 3.05) is 16.7 Å². The molecule has 0 saturated carbocycles. The van der Waals surface area contributed by atoms with Gasteiger partial charge >= 0.3 is 0 Å². The molecule has 8 heteroatoms. The minimum atomic E-state index is -3.83. The van der Waals surface area contributed by atoms with E-state index in [2.05, 4.69) is 10.6 Å². The maximum absolute atomic E-state index is 13.1. The molecule has 0 spiro atoms. The summed E-state index contributed by atoms with van der Waals surface area (Å²) >= 11 is 0. The Morgan fingerprint density at radius 2 is 1.56 bits per heavy atom. The molecule has 0 aliphatic rings. The van der Waals surface area contributed by atoms with Gasteiger partial charge in [0.25, 0.3) is 15.9 Å². The van der Waals surface area contributed by atoms with Crippen molar-refractivity contribution in [3.63, 3.8) is 0 Å². The van der Waals surface area contributed by atoms with Crippen LogP contribution in [0.25, 0.3) is 0 Å². The SMILES string of the molecule is Cc1cccc(C(=O)N[C@@H](C(=O)Nc2cccc(S(=O)(=O)N(C)c3ccccc3)c2)C(C)C)c1. The van der Waals surface area contributed by atoms with Gasteiger partial charge in [-0.2, -0.15) is 0 Å². The molecule has 0 aliphatic heterocycles. The van der Waals surface area contributed by atoms with Gasteiger partial charge in [0.15, 0.2) is 0 Å². The standard InChI is InChI=1S/C26H29N3O4S/c1-18(2)24(28-25(30)20-11-8-10-19(3)16-20)26(31)27-21-12-9-15-23(17-21)34(32,33)29(4)22-13-6-5-7-14-22/h5-18,24H,1-4H3,(H,27,31)(H,28,30)/t24-/m1/s1. The molecule has 2 N–H and O–H groups in total. The lowest BCUT2D eigenvalue weighted by atomic mass is 10.0. The number of aryl methyl sites for hydroxylation is 1. The zero-order valence-electron chi connectivity index (χ0n) is 19.6. The second kappa shape index (κ2) is 10.5. The lowest BCUT2D eigenvalue weighted by molar-refractivity contribution is -0.118. The van der Waals surface area contributed by atoms with Gasteiger partial charge in [-0.05, 0) is 55.3 Å². The van der Waals surface area contributed by atoms with Crippen molar-refractivity contribution >= 4 is 33.2 Å². The number of amides is 2. The number of hydrogen-bond acceptors (Lipinski definition) is 4. The Morgan fingerprint density at radius 3 is 2.21 bits per heavy atom. The van der Waals surface area contributed by atoms with Crippen molar-refractivity contribution in [2.24, 2.45) is 5.92 Å². The van der Waals surface area contributed by atoms with Gasteiger partial charge in [-0.15, -0.1) is 0 Å². The molecule has 0 aromatic heterocycles. The molecule has 2 amide bonds. The van der Waals surface area contributed by atoms with Crippen LogP contribution in [-0.2, 0) is 14.8 Å². The molecule has 34 heavy (non-hydrogen) atoms. The third kappa shape index (κ3) is 5.82. The van der Waals surface area contributed by atoms with E-state index in [9.17, 15) is 18.0 Å². The predicted octanol–water partition coefficient (Wildman–Crippen LogP) is 4.21. The van der Waals surface area contributed by atoms with Crippen molar-refractivity contribution in [1.82, 2.24) is 5.32 Å². The van der Waals surface area contributed by atoms with E-state index < -0.39 is 22.0 Å². The second-order valence-electron chi connectivity index (χ2n) is 8.39. The van der Waals surface area contributed by atoms with Gasteiger partial charge < -0.3 is 10.6 Å². The van der Waals surface area contributed by atoms with Gasteiger partial charge in [0, 0.05) is 18.3 Å². The number of sulfonamides is 1. The number of hydrogen-bond donors (Lipinski definition) is 2. The zero-order valence-corrected chi connectivity index (χ0v) is 20.5. The van der Waals surface area contributed by atoms with E-state index in [0.29, 0.717) is 16.9 Å². The van der Waals surface area contributed by atoms with E-state index in [1.165, 1.54) is 23.5 Å². The van der Waals surface area contributed by atoms with E-state index in [0.717, 1.165) is 5.56 Å². The Balaban J connectivity index is 1.78. The van der Waals surface area contributed by atoms with Gasteiger partial charge in [0.05, 0.1) is 10.6 Å². The quantitative estimate of drug-likeness (QED) is 0.506. The van der Waals surface area contributed by atoms with Gasteiger partial charge in [0.2, 0.25) is 5.91 Å². The Bertz CT molecular complexity index is 1270. The highest BCUT2D eigenvalue weighted by molar-refractivity contribution is 7.92. The van der Waals surface area contributed by atoms with Crippen LogP contribution in [0.4, 0.5) is 11.4 Å². The minimum Gasteiger partial charge on any atom is -0.340 e. The van der Waals surface area contributed by atoms with Crippen LogP contribution in [0.2, 0.25) is 0 Å². The average Bonchev–Trinajstić information content (AvgIpc) is 2.82. The molecule has 1 atom stereocenters. The second-order valence-corrected chi connectivity index (χ2v) is 10.4. The summed E-state index contributed by atoms with van der Waals surface area (Å²) in [6, 6.07) is 21.1. The Kier molecular flexibility index (Phi) is 7.73. The molecule has 3 aromatic carbocycles. The summed E-state index contributed by atoms with van der Waals surface area (Å²) in [7, 11) is -2.36. The number of rotatable bonds is 8. The predicted molar refractivity (Wildman–Crippen MR) is 134 cm³/mol. The van der Waals surface area contributed by atoms with E-state index in [4.69, 9.17) is 0 Å². The van der Waals surface area contributed by atoms with E-state index >= 15 is 0 Å². The summed E-state index contributed by atoms with van der Waals surface area (Å²) in [6.07, 6.45) is 0. The first-order chi connectivity index (χ1) is 16.1. The largest absolute Gasteiger partial charge is 0.340 e. The highest BCUT2D eigenvalue weighted by atomic mass is 32.2. The molecule has 178 valence electrons. The Morgan fingerprint density at radius 1 is 0.882 bits per heavy atom. The van der Waals surface area contributed by atoms with Gasteiger partial charge in [0.1, 0.15) is 6.04 Å². The number of para-hydroxylation sites is 1. The molecular formula is C26H29N3O4S. The first-order valence-electron chi connectivity index (χ1n) is 10.9. The van der Waals surface area contributed by atoms with Crippen LogP contribution >= 0.6 is 0 Å². The fourth-order valence-electron chi connectivity index (χ4n) is 3.43. The summed E-state index contributed by atoms with van der Waals surface area (Å²) in [5.41, 5.74) is 2.26. The molecule has 0 saturated heterocycles. The van der Waals surface area contributed by atoms with Crippen LogP contribution in [-0.4, -0.2) is 33.3 Å². The highest BCUT2D eigenvalue weighted by Gasteiger charge is 2.26. The minimum absolute atomic E-state index is 0.0431. The molecule has 0 fully saturated rings. The summed E-state index contributed by atoms with van der Waals surface area (Å²) in [6.45, 7) is 5.55. The maximum Gasteiger partial charge on any atom is 0.264 e. The Hall–Kier alpha value is -3.65. The number of benzene rings is 3. The van der Waals surface area contributed by atoms with E-state index in [1.807, 2.05) is 32.9 Å². The Labute approximate surface area is 200 Å². The van der Waals surface area contributed by atoms with Crippen LogP contribution in [0, 0.1) is 12.8 Å². The summed E-state index contributed by atoms with van der Waals surface area (Å²) in [5, 5.41) is 5.53. The molecule has 0 bridgehead atoms. The third-order valence-electron chi connectivity index (χ3n) is 5.40. The third-order valence-corrected chi connectivity index (χ3v) is 7.18. The molecule has 0 aliphatic carbocycles. The molecule has 3 rings (SSSR count). The van der Waals surface area contributed by atoms with Crippen LogP contribution in [0.3, 0.4) is 0 Å². The van der Waals surface area contributed by atoms with Crippen molar-refractivity contribution in [3.05, 3.63) is 90.0 Å². The van der Waals surface area contributed by atoms with Gasteiger partial charge in [-0.25, -0.2) is 8.42 Å². The van der Waals surface area contributed by atoms with E-state index in [1.54, 1.807) is 54.6 Å². The average molecular weight is 480 g/mol. The molecule has 0 heterocycles. The van der Waals surface area contributed by atoms with Crippen LogP contribution < -0.4 is 14.9 Å². The smallest absolute Gasteiger partial charge is 0.264 e. The van der Waals surface area contributed by atoms with Gasteiger partial charge in [-0.3, -0.25) is 13.9 Å². The van der Waals surface area contributed by atoms with Gasteiger partial charge in [-0.1, -0.05) is 55.8 Å². The molecule has 7 nitrogen and oxygen atoms in total. The number of carbonyl (C=O) groups is 2. The lowest BCUT2D eigenvalue weighted by Gasteiger charge is -2.22. The molecule has 3 aromatic rings. The fraction of sp³-hybridized carbons (Fsp3) is 0.231.